The zero-order valence-electron chi connectivity index (χ0n) is 8.79. The van der Waals surface area contributed by atoms with Gasteiger partial charge in [0.25, 0.3) is 0 Å². The van der Waals surface area contributed by atoms with Crippen molar-refractivity contribution in [3.63, 3.8) is 0 Å². The third-order valence-corrected chi connectivity index (χ3v) is 2.25. The molecule has 0 atom stereocenters. The Morgan fingerprint density at radius 1 is 1.29 bits per heavy atom. The Labute approximate surface area is 85.5 Å². The summed E-state index contributed by atoms with van der Waals surface area (Å²) in [5.41, 5.74) is 2.12. The van der Waals surface area contributed by atoms with Gasteiger partial charge in [0.05, 0.1) is 0 Å². The van der Waals surface area contributed by atoms with Crippen molar-refractivity contribution in [3.8, 4) is 0 Å². The third-order valence-electron chi connectivity index (χ3n) is 2.25. The topological polar surface area (TPSA) is 17.1 Å². The molecule has 1 rings (SSSR count). The first-order chi connectivity index (χ1) is 6.74. The smallest absolute Gasteiger partial charge is 0.157 e. The fourth-order valence-corrected chi connectivity index (χ4v) is 1.28. The monoisotopic (exact) mass is 188 g/mol. The summed E-state index contributed by atoms with van der Waals surface area (Å²) in [7, 11) is 0. The Kier molecular flexibility index (Phi) is 4.11. The molecule has 0 spiro atoms. The maximum atomic E-state index is 11.3. The molecule has 0 aliphatic rings. The first-order valence-electron chi connectivity index (χ1n) is 4.98. The molecule has 1 aromatic carbocycles. The Hall–Kier alpha value is -1.37. The van der Waals surface area contributed by atoms with E-state index >= 15 is 0 Å². The Morgan fingerprint density at radius 2 is 1.93 bits per heavy atom. The van der Waals surface area contributed by atoms with E-state index < -0.39 is 0 Å². The molecule has 14 heavy (non-hydrogen) atoms. The lowest BCUT2D eigenvalue weighted by molar-refractivity contribution is -0.115. The van der Waals surface area contributed by atoms with Gasteiger partial charge in [-0.15, -0.1) is 0 Å². The van der Waals surface area contributed by atoms with Gasteiger partial charge in [0, 0.05) is 6.42 Å². The second-order valence-electron chi connectivity index (χ2n) is 3.35. The second kappa shape index (κ2) is 5.38. The highest BCUT2D eigenvalue weighted by molar-refractivity contribution is 5.94. The number of carbonyl (C=O) groups is 1. The van der Waals surface area contributed by atoms with Crippen LogP contribution in [0.3, 0.4) is 0 Å². The Balaban J connectivity index is 2.59. The quantitative estimate of drug-likeness (QED) is 0.663. The van der Waals surface area contributed by atoms with Gasteiger partial charge in [0.15, 0.2) is 5.78 Å². The number of carbonyl (C=O) groups excluding carboxylic acids is 1. The van der Waals surface area contributed by atoms with Crippen molar-refractivity contribution < 1.29 is 4.79 Å². The summed E-state index contributed by atoms with van der Waals surface area (Å²) < 4.78 is 0. The van der Waals surface area contributed by atoms with Crippen molar-refractivity contribution >= 4 is 5.78 Å². The average Bonchev–Trinajstić information content (AvgIpc) is 2.26. The van der Waals surface area contributed by atoms with Crippen LogP contribution in [0.1, 0.15) is 25.8 Å². The van der Waals surface area contributed by atoms with Crippen LogP contribution in [0.15, 0.2) is 42.0 Å². The highest BCUT2D eigenvalue weighted by Gasteiger charge is 1.99. The summed E-state index contributed by atoms with van der Waals surface area (Å²) in [4.78, 5) is 11.3. The average molecular weight is 188 g/mol. The fraction of sp³-hybridized carbons (Fsp3) is 0.308. The fourth-order valence-electron chi connectivity index (χ4n) is 1.28. The minimum Gasteiger partial charge on any atom is -0.295 e. The van der Waals surface area contributed by atoms with E-state index in [-0.39, 0.29) is 5.78 Å². The molecular formula is C13H16O. The summed E-state index contributed by atoms with van der Waals surface area (Å²) in [6.07, 6.45) is 3.44. The van der Waals surface area contributed by atoms with Crippen LogP contribution in [-0.2, 0) is 11.2 Å². The van der Waals surface area contributed by atoms with Gasteiger partial charge in [-0.3, -0.25) is 4.79 Å². The molecule has 1 heteroatoms. The Bertz CT molecular complexity index is 322. The lowest BCUT2D eigenvalue weighted by atomic mass is 10.1. The van der Waals surface area contributed by atoms with Gasteiger partial charge in [0.2, 0.25) is 0 Å². The predicted octanol–water partition coefficient (Wildman–Crippen LogP) is 3.15. The molecular weight excluding hydrogens is 172 g/mol. The van der Waals surface area contributed by atoms with E-state index in [0.717, 1.165) is 12.0 Å². The number of Topliss-reactive ketones (excluding diaryl/α,β-unsaturated/α-hetero) is 1. The largest absolute Gasteiger partial charge is 0.295 e. The molecule has 0 heterocycles. The number of hydrogen-bond acceptors (Lipinski definition) is 1. The van der Waals surface area contributed by atoms with Crippen molar-refractivity contribution in [2.75, 3.05) is 0 Å². The summed E-state index contributed by atoms with van der Waals surface area (Å²) in [5.74, 6) is 0.237. The van der Waals surface area contributed by atoms with E-state index in [1.54, 1.807) is 0 Å². The lowest BCUT2D eigenvalue weighted by Gasteiger charge is -1.98. The van der Waals surface area contributed by atoms with E-state index in [2.05, 4.69) is 12.1 Å². The van der Waals surface area contributed by atoms with Gasteiger partial charge in [0.1, 0.15) is 0 Å². The highest BCUT2D eigenvalue weighted by atomic mass is 16.1. The standard InChI is InChI=1S/C13H16O/c1-3-13(14)11(2)9-10-12-7-5-4-6-8-12/h4-9H,3,10H2,1-2H3/b11-9+. The zero-order valence-corrected chi connectivity index (χ0v) is 8.79. The predicted molar refractivity (Wildman–Crippen MR) is 59.2 cm³/mol. The van der Waals surface area contributed by atoms with Gasteiger partial charge in [-0.25, -0.2) is 0 Å². The third kappa shape index (κ3) is 3.17. The van der Waals surface area contributed by atoms with Gasteiger partial charge >= 0.3 is 0 Å². The van der Waals surface area contributed by atoms with Gasteiger partial charge in [-0.05, 0) is 24.5 Å². The molecule has 0 amide bonds. The highest BCUT2D eigenvalue weighted by Crippen LogP contribution is 2.04. The molecule has 0 unspecified atom stereocenters. The van der Waals surface area contributed by atoms with E-state index in [0.29, 0.717) is 6.42 Å². The van der Waals surface area contributed by atoms with E-state index in [4.69, 9.17) is 0 Å². The summed E-state index contributed by atoms with van der Waals surface area (Å²) in [6, 6.07) is 10.2. The summed E-state index contributed by atoms with van der Waals surface area (Å²) in [5, 5.41) is 0. The number of rotatable bonds is 4. The molecule has 0 N–H and O–H groups in total. The van der Waals surface area contributed by atoms with Crippen LogP contribution < -0.4 is 0 Å². The lowest BCUT2D eigenvalue weighted by Crippen LogP contribution is -1.97. The van der Waals surface area contributed by atoms with E-state index in [9.17, 15) is 4.79 Å². The first-order valence-corrected chi connectivity index (χ1v) is 4.98. The maximum absolute atomic E-state index is 11.3. The van der Waals surface area contributed by atoms with Crippen LogP contribution in [0.2, 0.25) is 0 Å². The number of ketones is 1. The van der Waals surface area contributed by atoms with Crippen LogP contribution in [0.25, 0.3) is 0 Å². The van der Waals surface area contributed by atoms with Crippen molar-refractivity contribution in [2.45, 2.75) is 26.7 Å². The molecule has 0 radical (unpaired) electrons. The van der Waals surface area contributed by atoms with Crippen molar-refractivity contribution in [1.82, 2.24) is 0 Å². The molecule has 0 saturated heterocycles. The molecule has 0 fully saturated rings. The van der Waals surface area contributed by atoms with E-state index in [1.807, 2.05) is 38.1 Å². The van der Waals surface area contributed by atoms with Gasteiger partial charge in [-0.2, -0.15) is 0 Å². The second-order valence-corrected chi connectivity index (χ2v) is 3.35. The van der Waals surface area contributed by atoms with Crippen LogP contribution >= 0.6 is 0 Å². The molecule has 74 valence electrons. The SMILES string of the molecule is CCC(=O)/C(C)=C/Cc1ccccc1. The summed E-state index contributed by atoms with van der Waals surface area (Å²) in [6.45, 7) is 3.77. The molecule has 0 aliphatic heterocycles. The van der Waals surface area contributed by atoms with Crippen molar-refractivity contribution in [3.05, 3.63) is 47.5 Å². The van der Waals surface area contributed by atoms with Gasteiger partial charge < -0.3 is 0 Å². The van der Waals surface area contributed by atoms with Crippen LogP contribution in [0, 0.1) is 0 Å². The minimum absolute atomic E-state index is 0.237. The normalized spacial score (nSPS) is 11.4. The molecule has 1 nitrogen and oxygen atoms in total. The first kappa shape index (κ1) is 10.7. The zero-order chi connectivity index (χ0) is 10.4. The van der Waals surface area contributed by atoms with Crippen molar-refractivity contribution in [2.24, 2.45) is 0 Å². The van der Waals surface area contributed by atoms with Crippen LogP contribution in [-0.4, -0.2) is 5.78 Å². The van der Waals surface area contributed by atoms with Crippen molar-refractivity contribution in [1.29, 1.82) is 0 Å². The van der Waals surface area contributed by atoms with E-state index in [1.165, 1.54) is 5.56 Å². The molecule has 1 aromatic rings. The molecule has 0 aromatic heterocycles. The van der Waals surface area contributed by atoms with Crippen LogP contribution in [0.4, 0.5) is 0 Å². The van der Waals surface area contributed by atoms with Crippen LogP contribution in [0.5, 0.6) is 0 Å². The number of benzene rings is 1. The number of allylic oxidation sites excluding steroid dienone is 2. The summed E-state index contributed by atoms with van der Waals surface area (Å²) >= 11 is 0. The molecule has 0 saturated carbocycles. The molecule has 0 bridgehead atoms. The molecule has 0 aliphatic carbocycles. The number of hydrogen-bond donors (Lipinski definition) is 0. The Morgan fingerprint density at radius 3 is 2.50 bits per heavy atom. The van der Waals surface area contributed by atoms with Gasteiger partial charge in [-0.1, -0.05) is 43.3 Å². The minimum atomic E-state index is 0.237. The maximum Gasteiger partial charge on any atom is 0.157 e.